The summed E-state index contributed by atoms with van der Waals surface area (Å²) >= 11 is 0. The Morgan fingerprint density at radius 3 is 3.00 bits per heavy atom. The molecule has 0 spiro atoms. The Morgan fingerprint density at radius 2 is 2.33 bits per heavy atom. The third-order valence-electron chi connectivity index (χ3n) is 3.84. The monoisotopic (exact) mass is 244 g/mol. The summed E-state index contributed by atoms with van der Waals surface area (Å²) in [5, 5.41) is 8.11. The fraction of sp³-hybridized carbons (Fsp3) is 0.500. The first-order valence-corrected chi connectivity index (χ1v) is 6.64. The molecule has 2 aromatic heterocycles. The summed E-state index contributed by atoms with van der Waals surface area (Å²) in [6, 6.07) is 2.13. The van der Waals surface area contributed by atoms with Gasteiger partial charge in [0.15, 0.2) is 0 Å². The highest BCUT2D eigenvalue weighted by Crippen LogP contribution is 2.34. The van der Waals surface area contributed by atoms with Crippen LogP contribution in [-0.4, -0.2) is 27.9 Å². The molecule has 1 unspecified atom stereocenters. The zero-order chi connectivity index (χ0) is 12.5. The molecule has 2 N–H and O–H groups in total. The van der Waals surface area contributed by atoms with Crippen LogP contribution in [0.25, 0.3) is 11.1 Å². The van der Waals surface area contributed by atoms with Crippen LogP contribution in [0.1, 0.15) is 30.1 Å². The van der Waals surface area contributed by atoms with Crippen molar-refractivity contribution >= 4 is 0 Å². The lowest BCUT2D eigenvalue weighted by molar-refractivity contribution is 0.442. The van der Waals surface area contributed by atoms with Crippen LogP contribution in [0.3, 0.4) is 0 Å². The summed E-state index contributed by atoms with van der Waals surface area (Å²) < 4.78 is 2.06. The van der Waals surface area contributed by atoms with Crippen LogP contribution in [-0.2, 0) is 7.05 Å². The van der Waals surface area contributed by atoms with Gasteiger partial charge in [-0.05, 0) is 32.4 Å². The fourth-order valence-corrected chi connectivity index (χ4v) is 3.07. The Kier molecular flexibility index (Phi) is 2.96. The molecule has 0 radical (unpaired) electrons. The third kappa shape index (κ3) is 1.86. The standard InChI is InChI=1S/C14H20N4/c1-10-13(11-5-7-16-8-11)14(18(2)17-10)12-4-3-6-15-9-12/h5,7-8,12,15-16H,3-4,6,9H2,1-2H3. The van der Waals surface area contributed by atoms with Crippen LogP contribution in [0, 0.1) is 6.92 Å². The number of aromatic nitrogens is 3. The molecule has 3 heterocycles. The van der Waals surface area contributed by atoms with Crippen molar-refractivity contribution in [2.75, 3.05) is 13.1 Å². The molecule has 18 heavy (non-hydrogen) atoms. The molecule has 0 amide bonds. The number of piperidine rings is 1. The Balaban J connectivity index is 2.07. The second-order valence-electron chi connectivity index (χ2n) is 5.11. The molecule has 4 nitrogen and oxygen atoms in total. The van der Waals surface area contributed by atoms with Gasteiger partial charge < -0.3 is 10.3 Å². The minimum Gasteiger partial charge on any atom is -0.367 e. The van der Waals surface area contributed by atoms with Crippen LogP contribution >= 0.6 is 0 Å². The van der Waals surface area contributed by atoms with Gasteiger partial charge in [0.25, 0.3) is 0 Å². The minimum absolute atomic E-state index is 0.579. The fourth-order valence-electron chi connectivity index (χ4n) is 3.07. The van der Waals surface area contributed by atoms with Gasteiger partial charge in [-0.2, -0.15) is 5.10 Å². The van der Waals surface area contributed by atoms with E-state index in [9.17, 15) is 0 Å². The summed E-state index contributed by atoms with van der Waals surface area (Å²) in [7, 11) is 2.06. The average Bonchev–Trinajstić information content (AvgIpc) is 2.97. The molecule has 3 rings (SSSR count). The van der Waals surface area contributed by atoms with Crippen molar-refractivity contribution in [3.63, 3.8) is 0 Å². The van der Waals surface area contributed by atoms with E-state index in [0.717, 1.165) is 18.8 Å². The smallest absolute Gasteiger partial charge is 0.0675 e. The number of hydrogen-bond acceptors (Lipinski definition) is 2. The quantitative estimate of drug-likeness (QED) is 0.850. The van der Waals surface area contributed by atoms with E-state index in [1.807, 2.05) is 6.20 Å². The number of aryl methyl sites for hydroxylation is 2. The number of H-pyrrole nitrogens is 1. The lowest BCUT2D eigenvalue weighted by Crippen LogP contribution is -2.29. The lowest BCUT2D eigenvalue weighted by Gasteiger charge is -2.24. The van der Waals surface area contributed by atoms with E-state index in [-0.39, 0.29) is 0 Å². The normalized spacial score (nSPS) is 20.2. The van der Waals surface area contributed by atoms with Crippen LogP contribution in [0.5, 0.6) is 0 Å². The summed E-state index contributed by atoms with van der Waals surface area (Å²) in [6.07, 6.45) is 6.54. The van der Waals surface area contributed by atoms with Crippen molar-refractivity contribution in [3.8, 4) is 11.1 Å². The highest BCUT2D eigenvalue weighted by Gasteiger charge is 2.24. The zero-order valence-electron chi connectivity index (χ0n) is 11.0. The SMILES string of the molecule is Cc1nn(C)c(C2CCCNC2)c1-c1cc[nH]c1. The summed E-state index contributed by atoms with van der Waals surface area (Å²) in [4.78, 5) is 3.14. The molecule has 0 bridgehead atoms. The number of aromatic amines is 1. The molecule has 2 aromatic rings. The predicted molar refractivity (Wildman–Crippen MR) is 72.6 cm³/mol. The Bertz CT molecular complexity index is 518. The first-order valence-electron chi connectivity index (χ1n) is 6.64. The van der Waals surface area contributed by atoms with Gasteiger partial charge in [0.2, 0.25) is 0 Å². The summed E-state index contributed by atoms with van der Waals surface area (Å²) in [5.41, 5.74) is 5.06. The Hall–Kier alpha value is -1.55. The second-order valence-corrected chi connectivity index (χ2v) is 5.11. The van der Waals surface area contributed by atoms with Gasteiger partial charge >= 0.3 is 0 Å². The van der Waals surface area contributed by atoms with Gasteiger partial charge in [0, 0.05) is 43.0 Å². The molecule has 96 valence electrons. The minimum atomic E-state index is 0.579. The van der Waals surface area contributed by atoms with Crippen molar-refractivity contribution < 1.29 is 0 Å². The predicted octanol–water partition coefficient (Wildman–Crippen LogP) is 2.19. The maximum Gasteiger partial charge on any atom is 0.0675 e. The number of nitrogens with zero attached hydrogens (tertiary/aromatic N) is 2. The van der Waals surface area contributed by atoms with E-state index in [1.54, 1.807) is 0 Å². The van der Waals surface area contributed by atoms with Crippen molar-refractivity contribution in [2.24, 2.45) is 7.05 Å². The van der Waals surface area contributed by atoms with Crippen LogP contribution in [0.2, 0.25) is 0 Å². The molecule has 1 atom stereocenters. The molecule has 1 saturated heterocycles. The lowest BCUT2D eigenvalue weighted by atomic mass is 9.91. The van der Waals surface area contributed by atoms with Crippen molar-refractivity contribution in [1.29, 1.82) is 0 Å². The van der Waals surface area contributed by atoms with E-state index in [0.29, 0.717) is 5.92 Å². The van der Waals surface area contributed by atoms with Crippen LogP contribution < -0.4 is 5.32 Å². The van der Waals surface area contributed by atoms with Gasteiger partial charge in [0.1, 0.15) is 0 Å². The summed E-state index contributed by atoms with van der Waals surface area (Å²) in [5.74, 6) is 0.579. The molecular weight excluding hydrogens is 224 g/mol. The molecule has 1 fully saturated rings. The second kappa shape index (κ2) is 4.61. The topological polar surface area (TPSA) is 45.6 Å². The molecule has 0 aliphatic carbocycles. The average molecular weight is 244 g/mol. The summed E-state index contributed by atoms with van der Waals surface area (Å²) in [6.45, 7) is 4.31. The maximum atomic E-state index is 4.62. The number of hydrogen-bond donors (Lipinski definition) is 2. The highest BCUT2D eigenvalue weighted by molar-refractivity contribution is 5.68. The third-order valence-corrected chi connectivity index (χ3v) is 3.84. The van der Waals surface area contributed by atoms with Crippen molar-refractivity contribution in [3.05, 3.63) is 29.8 Å². The van der Waals surface area contributed by atoms with Gasteiger partial charge in [-0.25, -0.2) is 0 Å². The van der Waals surface area contributed by atoms with Gasteiger partial charge in [-0.3, -0.25) is 4.68 Å². The molecule has 1 aliphatic heterocycles. The molecule has 0 aromatic carbocycles. The van der Waals surface area contributed by atoms with E-state index in [2.05, 4.69) is 46.3 Å². The largest absolute Gasteiger partial charge is 0.367 e. The van der Waals surface area contributed by atoms with Gasteiger partial charge in [-0.1, -0.05) is 0 Å². The van der Waals surface area contributed by atoms with Gasteiger partial charge in [0.05, 0.1) is 11.4 Å². The maximum absolute atomic E-state index is 4.62. The first kappa shape index (κ1) is 11.5. The van der Waals surface area contributed by atoms with Crippen LogP contribution in [0.15, 0.2) is 18.5 Å². The Morgan fingerprint density at radius 1 is 1.44 bits per heavy atom. The molecular formula is C14H20N4. The van der Waals surface area contributed by atoms with Crippen molar-refractivity contribution in [1.82, 2.24) is 20.1 Å². The highest BCUT2D eigenvalue weighted by atomic mass is 15.3. The number of nitrogens with one attached hydrogen (secondary N) is 2. The van der Waals surface area contributed by atoms with Gasteiger partial charge in [-0.15, -0.1) is 0 Å². The van der Waals surface area contributed by atoms with Crippen LogP contribution in [0.4, 0.5) is 0 Å². The molecule has 1 aliphatic rings. The Labute approximate surface area is 107 Å². The van der Waals surface area contributed by atoms with Crippen molar-refractivity contribution in [2.45, 2.75) is 25.7 Å². The number of rotatable bonds is 2. The molecule has 0 saturated carbocycles. The zero-order valence-corrected chi connectivity index (χ0v) is 11.0. The molecule has 4 heteroatoms. The van der Waals surface area contributed by atoms with E-state index < -0.39 is 0 Å². The van der Waals surface area contributed by atoms with E-state index >= 15 is 0 Å². The van der Waals surface area contributed by atoms with E-state index in [1.165, 1.54) is 29.7 Å². The van der Waals surface area contributed by atoms with E-state index in [4.69, 9.17) is 0 Å². The first-order chi connectivity index (χ1) is 8.77.